The number of carbonyl (C=O) groups is 1. The van der Waals surface area contributed by atoms with E-state index in [2.05, 4.69) is 4.99 Å². The Labute approximate surface area is 195 Å². The van der Waals surface area contributed by atoms with Crippen LogP contribution in [-0.2, 0) is 22.0 Å². The van der Waals surface area contributed by atoms with Gasteiger partial charge in [0.05, 0.1) is 16.5 Å². The lowest BCUT2D eigenvalue weighted by atomic mass is 10.0. The summed E-state index contributed by atoms with van der Waals surface area (Å²) in [6.07, 6.45) is 4.39. The fourth-order valence-electron chi connectivity index (χ4n) is 4.22. The number of nitrogens with zero attached hydrogens (tertiary/aromatic N) is 1. The third kappa shape index (κ3) is 5.73. The molecule has 1 fully saturated rings. The number of nitrogens with two attached hydrogens (primary N) is 3. The molecule has 2 aromatic rings. The van der Waals surface area contributed by atoms with Crippen LogP contribution in [-0.4, -0.2) is 28.1 Å². The molecule has 1 aliphatic heterocycles. The van der Waals surface area contributed by atoms with Gasteiger partial charge in [0.2, 0.25) is 0 Å². The van der Waals surface area contributed by atoms with Crippen molar-refractivity contribution in [3.63, 3.8) is 0 Å². The molecule has 1 saturated carbocycles. The molecule has 1 aliphatic carbocycles. The van der Waals surface area contributed by atoms with Gasteiger partial charge in [-0.2, -0.15) is 0 Å². The number of anilines is 1. The van der Waals surface area contributed by atoms with Crippen molar-refractivity contribution in [2.45, 2.75) is 43.1 Å². The van der Waals surface area contributed by atoms with Gasteiger partial charge < -0.3 is 26.7 Å². The molecule has 1 heterocycles. The Kier molecular flexibility index (Phi) is 6.98. The topological polar surface area (TPSA) is 143 Å². The highest BCUT2D eigenvalue weighted by Crippen LogP contribution is 2.33. The van der Waals surface area contributed by atoms with Gasteiger partial charge >= 0.3 is 6.16 Å². The van der Waals surface area contributed by atoms with Gasteiger partial charge in [0.25, 0.3) is 0 Å². The second-order valence-electron chi connectivity index (χ2n) is 8.26. The average molecular weight is 469 g/mol. The van der Waals surface area contributed by atoms with Crippen LogP contribution in [0.1, 0.15) is 31.2 Å². The molecule has 4 rings (SSSR count). The Morgan fingerprint density at radius 3 is 2.70 bits per heavy atom. The zero-order valence-electron chi connectivity index (χ0n) is 18.2. The Bertz CT molecular complexity index is 1110. The van der Waals surface area contributed by atoms with Crippen LogP contribution in [0, 0.1) is 5.92 Å². The first kappa shape index (κ1) is 22.8. The number of carbonyl (C=O) groups excluding carboxylic acids is 1. The lowest BCUT2D eigenvalue weighted by molar-refractivity contribution is 0.0601. The van der Waals surface area contributed by atoms with Crippen molar-refractivity contribution in [2.75, 3.05) is 11.5 Å². The fraction of sp³-hybridized carbons (Fsp3) is 0.333. The first-order valence-electron chi connectivity index (χ1n) is 10.9. The summed E-state index contributed by atoms with van der Waals surface area (Å²) in [4.78, 5) is 17.4. The van der Waals surface area contributed by atoms with E-state index in [1.165, 1.54) is 0 Å². The van der Waals surface area contributed by atoms with E-state index in [4.69, 9.17) is 26.7 Å². The Morgan fingerprint density at radius 1 is 1.12 bits per heavy atom. The molecule has 0 aromatic heterocycles. The summed E-state index contributed by atoms with van der Waals surface area (Å²) in [5, 5.41) is 0. The standard InChI is InChI=1S/C24H28N4O4S/c25-16-7-10-17(11-8-16)31-24(29)32-18-9-6-15(13-18)20(26)14-23(27)28-21-4-1-5-22-19(21)3-2-12-33(22)30/h1,4-5,7-8,10-11,14-15,18H,2-3,6,9,12-13,25-26H2,(H2,27,28)/b20-14-. The number of hydrogen-bond donors (Lipinski definition) is 3. The van der Waals surface area contributed by atoms with Crippen molar-refractivity contribution in [3.8, 4) is 5.75 Å². The van der Waals surface area contributed by atoms with Gasteiger partial charge in [0.1, 0.15) is 17.7 Å². The zero-order chi connectivity index (χ0) is 23.4. The first-order valence-corrected chi connectivity index (χ1v) is 12.3. The molecule has 0 amide bonds. The van der Waals surface area contributed by atoms with Crippen LogP contribution in [0.2, 0.25) is 0 Å². The monoisotopic (exact) mass is 468 g/mol. The maximum Gasteiger partial charge on any atom is 0.514 e. The summed E-state index contributed by atoms with van der Waals surface area (Å²) in [6.45, 7) is 0. The first-order chi connectivity index (χ1) is 15.9. The molecular formula is C24H28N4O4S. The third-order valence-electron chi connectivity index (χ3n) is 5.87. The smallest absolute Gasteiger partial charge is 0.431 e. The van der Waals surface area contributed by atoms with Gasteiger partial charge in [-0.3, -0.25) is 4.21 Å². The van der Waals surface area contributed by atoms with Gasteiger partial charge in [0.15, 0.2) is 0 Å². The fourth-order valence-corrected chi connectivity index (χ4v) is 5.55. The van der Waals surface area contributed by atoms with Crippen molar-refractivity contribution in [3.05, 3.63) is 59.8 Å². The minimum absolute atomic E-state index is 0.0327. The van der Waals surface area contributed by atoms with Crippen LogP contribution in [0.4, 0.5) is 16.2 Å². The van der Waals surface area contributed by atoms with Crippen LogP contribution < -0.4 is 21.9 Å². The predicted molar refractivity (Wildman–Crippen MR) is 129 cm³/mol. The number of allylic oxidation sites excluding steroid dienone is 1. The van der Waals surface area contributed by atoms with E-state index < -0.39 is 17.0 Å². The molecule has 3 atom stereocenters. The third-order valence-corrected chi connectivity index (χ3v) is 7.41. The van der Waals surface area contributed by atoms with Crippen molar-refractivity contribution >= 4 is 34.2 Å². The number of ether oxygens (including phenoxy) is 2. The molecule has 0 spiro atoms. The molecule has 2 aliphatic rings. The van der Waals surface area contributed by atoms with Crippen LogP contribution >= 0.6 is 0 Å². The van der Waals surface area contributed by atoms with E-state index in [0.717, 1.165) is 35.4 Å². The summed E-state index contributed by atoms with van der Waals surface area (Å²) >= 11 is 0. The van der Waals surface area contributed by atoms with Gasteiger partial charge in [-0.15, -0.1) is 0 Å². The molecule has 0 bridgehead atoms. The molecule has 3 unspecified atom stereocenters. The maximum absolute atomic E-state index is 12.2. The van der Waals surface area contributed by atoms with E-state index in [9.17, 15) is 9.00 Å². The Balaban J connectivity index is 1.36. The molecule has 33 heavy (non-hydrogen) atoms. The average Bonchev–Trinajstić information content (AvgIpc) is 3.24. The van der Waals surface area contributed by atoms with Gasteiger partial charge in [-0.1, -0.05) is 6.07 Å². The lowest BCUT2D eigenvalue weighted by Crippen LogP contribution is -2.20. The number of aliphatic imine (C=N–C) groups is 1. The molecule has 2 aromatic carbocycles. The number of hydrogen-bond acceptors (Lipinski definition) is 7. The number of fused-ring (bicyclic) bond motifs is 1. The van der Waals surface area contributed by atoms with Crippen molar-refractivity contribution < 1.29 is 18.5 Å². The minimum Gasteiger partial charge on any atom is -0.431 e. The summed E-state index contributed by atoms with van der Waals surface area (Å²) < 4.78 is 22.9. The number of benzene rings is 2. The molecule has 8 nitrogen and oxygen atoms in total. The quantitative estimate of drug-likeness (QED) is 0.200. The van der Waals surface area contributed by atoms with E-state index in [0.29, 0.717) is 41.6 Å². The van der Waals surface area contributed by atoms with Gasteiger partial charge in [-0.25, -0.2) is 9.79 Å². The molecule has 0 saturated heterocycles. The molecule has 9 heteroatoms. The second kappa shape index (κ2) is 10.1. The highest BCUT2D eigenvalue weighted by Gasteiger charge is 2.30. The van der Waals surface area contributed by atoms with Crippen LogP contribution in [0.3, 0.4) is 0 Å². The van der Waals surface area contributed by atoms with Crippen LogP contribution in [0.5, 0.6) is 5.75 Å². The van der Waals surface area contributed by atoms with Crippen molar-refractivity contribution in [1.29, 1.82) is 0 Å². The largest absolute Gasteiger partial charge is 0.514 e. The summed E-state index contributed by atoms with van der Waals surface area (Å²) in [7, 11) is -0.984. The highest BCUT2D eigenvalue weighted by atomic mass is 32.2. The molecule has 174 valence electrons. The number of amidine groups is 1. The van der Waals surface area contributed by atoms with Crippen LogP contribution in [0.25, 0.3) is 0 Å². The van der Waals surface area contributed by atoms with Crippen molar-refractivity contribution in [1.82, 2.24) is 0 Å². The van der Waals surface area contributed by atoms with E-state index in [1.54, 1.807) is 30.3 Å². The summed E-state index contributed by atoms with van der Waals surface area (Å²) in [6, 6.07) is 12.1. The number of rotatable bonds is 5. The molecular weight excluding hydrogens is 440 g/mol. The molecule has 6 N–H and O–H groups in total. The highest BCUT2D eigenvalue weighted by molar-refractivity contribution is 7.85. The van der Waals surface area contributed by atoms with Gasteiger partial charge in [0, 0.05) is 28.0 Å². The normalized spacial score (nSPS) is 23.1. The second-order valence-corrected chi connectivity index (χ2v) is 9.80. The summed E-state index contributed by atoms with van der Waals surface area (Å²) in [5.41, 5.74) is 21.0. The van der Waals surface area contributed by atoms with Crippen molar-refractivity contribution in [2.24, 2.45) is 22.4 Å². The number of nitrogen functional groups attached to an aromatic ring is 1. The summed E-state index contributed by atoms with van der Waals surface area (Å²) in [5.74, 6) is 1.38. The minimum atomic E-state index is -0.984. The Morgan fingerprint density at radius 2 is 1.91 bits per heavy atom. The van der Waals surface area contributed by atoms with E-state index in [-0.39, 0.29) is 12.0 Å². The zero-order valence-corrected chi connectivity index (χ0v) is 19.1. The van der Waals surface area contributed by atoms with Gasteiger partial charge in [-0.05, 0) is 80.1 Å². The maximum atomic E-state index is 12.2. The Hall–Kier alpha value is -3.33. The van der Waals surface area contributed by atoms with Crippen LogP contribution in [0.15, 0.2) is 64.1 Å². The SMILES string of the molecule is NC(/C=C(\N)C1CCC(OC(=O)Oc2ccc(N)cc2)C1)=Nc1cccc2c1CCCS2=O. The van der Waals surface area contributed by atoms with E-state index in [1.807, 2.05) is 18.2 Å². The molecule has 0 radical (unpaired) electrons. The predicted octanol–water partition coefficient (Wildman–Crippen LogP) is 3.54. The lowest BCUT2D eigenvalue weighted by Gasteiger charge is -2.17. The van der Waals surface area contributed by atoms with E-state index >= 15 is 0 Å².